The van der Waals surface area contributed by atoms with E-state index < -0.39 is 5.91 Å². The topological polar surface area (TPSA) is 93.2 Å². The van der Waals surface area contributed by atoms with Crippen LogP contribution in [0.1, 0.15) is 23.2 Å². The zero-order valence-corrected chi connectivity index (χ0v) is 14.1. The normalized spacial score (nSPS) is 15.8. The van der Waals surface area contributed by atoms with Gasteiger partial charge in [-0.1, -0.05) is 0 Å². The van der Waals surface area contributed by atoms with Crippen LogP contribution in [0.15, 0.2) is 43.0 Å². The quantitative estimate of drug-likeness (QED) is 0.829. The van der Waals surface area contributed by atoms with Gasteiger partial charge in [0.1, 0.15) is 0 Å². The van der Waals surface area contributed by atoms with Gasteiger partial charge in [0, 0.05) is 30.2 Å². The standard InChI is InChI=1S/C18H23N5O2/c19-18(25)15-1-3-16(4-2-15)21-17(24)12-22-8-5-14(6-9-22)11-23-10-7-20-13-23/h1-4,7,10,13-14H,5-6,8-9,11-12H2,(H2,19,25)(H,21,24). The highest BCUT2D eigenvalue weighted by Crippen LogP contribution is 2.19. The first kappa shape index (κ1) is 17.2. The summed E-state index contributed by atoms with van der Waals surface area (Å²) in [6, 6.07) is 6.60. The number of benzene rings is 1. The van der Waals surface area contributed by atoms with E-state index in [1.807, 2.05) is 12.5 Å². The Labute approximate surface area is 146 Å². The van der Waals surface area contributed by atoms with E-state index in [1.54, 1.807) is 30.5 Å². The number of imidazole rings is 1. The number of nitrogens with two attached hydrogens (primary N) is 1. The summed E-state index contributed by atoms with van der Waals surface area (Å²) in [5.74, 6) is 0.117. The third-order valence-corrected chi connectivity index (χ3v) is 4.56. The van der Waals surface area contributed by atoms with E-state index in [2.05, 4.69) is 19.8 Å². The largest absolute Gasteiger partial charge is 0.366 e. The van der Waals surface area contributed by atoms with Crippen molar-refractivity contribution in [3.63, 3.8) is 0 Å². The molecule has 0 atom stereocenters. The van der Waals surface area contributed by atoms with Crippen LogP contribution in [0.5, 0.6) is 0 Å². The summed E-state index contributed by atoms with van der Waals surface area (Å²) in [5, 5.41) is 2.86. The van der Waals surface area contributed by atoms with Gasteiger partial charge in [0.25, 0.3) is 0 Å². The molecule has 0 unspecified atom stereocenters. The molecule has 7 heteroatoms. The van der Waals surface area contributed by atoms with E-state index in [1.165, 1.54) is 0 Å². The number of hydrogen-bond donors (Lipinski definition) is 2. The lowest BCUT2D eigenvalue weighted by atomic mass is 9.97. The van der Waals surface area contributed by atoms with Gasteiger partial charge in [-0.3, -0.25) is 14.5 Å². The average Bonchev–Trinajstić information content (AvgIpc) is 3.10. The highest BCUT2D eigenvalue weighted by atomic mass is 16.2. The Morgan fingerprint density at radius 2 is 1.92 bits per heavy atom. The summed E-state index contributed by atoms with van der Waals surface area (Å²) >= 11 is 0. The Balaban J connectivity index is 1.42. The molecule has 0 saturated carbocycles. The second kappa shape index (κ2) is 7.94. The Hall–Kier alpha value is -2.67. The van der Waals surface area contributed by atoms with Crippen LogP contribution >= 0.6 is 0 Å². The zero-order chi connectivity index (χ0) is 17.6. The summed E-state index contributed by atoms with van der Waals surface area (Å²) in [5.41, 5.74) is 6.30. The number of piperidine rings is 1. The number of amides is 2. The maximum Gasteiger partial charge on any atom is 0.248 e. The van der Waals surface area contributed by atoms with Crippen molar-refractivity contribution in [2.45, 2.75) is 19.4 Å². The highest BCUT2D eigenvalue weighted by molar-refractivity contribution is 5.95. The van der Waals surface area contributed by atoms with Gasteiger partial charge < -0.3 is 15.6 Å². The first-order chi connectivity index (χ1) is 12.1. The molecule has 1 fully saturated rings. The molecule has 0 spiro atoms. The maximum atomic E-state index is 12.2. The molecule has 132 valence electrons. The molecule has 0 radical (unpaired) electrons. The Morgan fingerprint density at radius 1 is 1.20 bits per heavy atom. The van der Waals surface area contributed by atoms with Crippen LogP contribution < -0.4 is 11.1 Å². The number of carbonyl (C=O) groups is 2. The van der Waals surface area contributed by atoms with E-state index in [0.29, 0.717) is 23.7 Å². The molecule has 0 aliphatic carbocycles. The van der Waals surface area contributed by atoms with Gasteiger partial charge in [0.15, 0.2) is 0 Å². The molecule has 2 aromatic rings. The fourth-order valence-electron chi connectivity index (χ4n) is 3.14. The Bertz CT molecular complexity index is 704. The molecular formula is C18H23N5O2. The van der Waals surface area contributed by atoms with Crippen LogP contribution in [0, 0.1) is 5.92 Å². The smallest absolute Gasteiger partial charge is 0.248 e. The molecule has 25 heavy (non-hydrogen) atoms. The van der Waals surface area contributed by atoms with Gasteiger partial charge in [-0.15, -0.1) is 0 Å². The fraction of sp³-hybridized carbons (Fsp3) is 0.389. The van der Waals surface area contributed by atoms with Gasteiger partial charge in [0.05, 0.1) is 12.9 Å². The molecular weight excluding hydrogens is 318 g/mol. The van der Waals surface area contributed by atoms with Crippen molar-refractivity contribution < 1.29 is 9.59 Å². The lowest BCUT2D eigenvalue weighted by Gasteiger charge is -2.31. The van der Waals surface area contributed by atoms with Crippen LogP contribution in [0.2, 0.25) is 0 Å². The molecule has 1 aromatic heterocycles. The molecule has 1 aliphatic rings. The Kier molecular flexibility index (Phi) is 5.45. The van der Waals surface area contributed by atoms with Gasteiger partial charge in [-0.25, -0.2) is 4.98 Å². The molecule has 1 aromatic carbocycles. The third kappa shape index (κ3) is 4.90. The lowest BCUT2D eigenvalue weighted by molar-refractivity contribution is -0.117. The maximum absolute atomic E-state index is 12.2. The number of primary amides is 1. The molecule has 7 nitrogen and oxygen atoms in total. The fourth-order valence-corrected chi connectivity index (χ4v) is 3.14. The van der Waals surface area contributed by atoms with Gasteiger partial charge in [-0.2, -0.15) is 0 Å². The van der Waals surface area contributed by atoms with Crippen LogP contribution in [-0.4, -0.2) is 45.9 Å². The summed E-state index contributed by atoms with van der Waals surface area (Å²) < 4.78 is 2.11. The number of rotatable bonds is 6. The van der Waals surface area contributed by atoms with Gasteiger partial charge in [-0.05, 0) is 56.1 Å². The minimum absolute atomic E-state index is 0.0418. The van der Waals surface area contributed by atoms with E-state index in [9.17, 15) is 9.59 Å². The van der Waals surface area contributed by atoms with Crippen LogP contribution in [0.3, 0.4) is 0 Å². The summed E-state index contributed by atoms with van der Waals surface area (Å²) in [4.78, 5) is 29.5. The molecule has 3 N–H and O–H groups in total. The van der Waals surface area contributed by atoms with Crippen molar-refractivity contribution in [1.82, 2.24) is 14.5 Å². The molecule has 1 aliphatic heterocycles. The van der Waals surface area contributed by atoms with Crippen LogP contribution in [0.25, 0.3) is 0 Å². The first-order valence-electron chi connectivity index (χ1n) is 8.48. The summed E-state index contributed by atoms with van der Waals surface area (Å²) in [6.07, 6.45) is 7.81. The first-order valence-corrected chi connectivity index (χ1v) is 8.48. The molecule has 0 bridgehead atoms. The van der Waals surface area contributed by atoms with Crippen LogP contribution in [-0.2, 0) is 11.3 Å². The minimum Gasteiger partial charge on any atom is -0.366 e. The number of aromatic nitrogens is 2. The summed E-state index contributed by atoms with van der Waals surface area (Å²) in [6.45, 7) is 3.22. The monoisotopic (exact) mass is 341 g/mol. The average molecular weight is 341 g/mol. The molecule has 2 amide bonds. The number of carbonyl (C=O) groups excluding carboxylic acids is 2. The molecule has 3 rings (SSSR count). The van der Waals surface area contributed by atoms with Crippen molar-refractivity contribution in [3.05, 3.63) is 48.5 Å². The number of nitrogens with zero attached hydrogens (tertiary/aromatic N) is 3. The number of anilines is 1. The zero-order valence-electron chi connectivity index (χ0n) is 14.1. The van der Waals surface area contributed by atoms with E-state index in [0.717, 1.165) is 32.5 Å². The van der Waals surface area contributed by atoms with Crippen molar-refractivity contribution in [3.8, 4) is 0 Å². The summed E-state index contributed by atoms with van der Waals surface area (Å²) in [7, 11) is 0. The minimum atomic E-state index is -0.476. The number of nitrogens with one attached hydrogen (secondary N) is 1. The number of likely N-dealkylation sites (tertiary alicyclic amines) is 1. The SMILES string of the molecule is NC(=O)c1ccc(NC(=O)CN2CCC(Cn3ccnc3)CC2)cc1. The van der Waals surface area contributed by atoms with E-state index in [-0.39, 0.29) is 5.91 Å². The second-order valence-electron chi connectivity index (χ2n) is 6.47. The van der Waals surface area contributed by atoms with Crippen molar-refractivity contribution in [2.24, 2.45) is 11.7 Å². The number of hydrogen-bond acceptors (Lipinski definition) is 4. The molecule has 1 saturated heterocycles. The van der Waals surface area contributed by atoms with Crippen molar-refractivity contribution in [2.75, 3.05) is 25.0 Å². The predicted molar refractivity (Wildman–Crippen MR) is 95.0 cm³/mol. The van der Waals surface area contributed by atoms with Crippen LogP contribution in [0.4, 0.5) is 5.69 Å². The van der Waals surface area contributed by atoms with Crippen molar-refractivity contribution >= 4 is 17.5 Å². The third-order valence-electron chi connectivity index (χ3n) is 4.56. The predicted octanol–water partition coefficient (Wildman–Crippen LogP) is 1.33. The van der Waals surface area contributed by atoms with Gasteiger partial charge >= 0.3 is 0 Å². The Morgan fingerprint density at radius 3 is 2.52 bits per heavy atom. The van der Waals surface area contributed by atoms with Crippen molar-refractivity contribution in [1.29, 1.82) is 0 Å². The molecule has 2 heterocycles. The highest BCUT2D eigenvalue weighted by Gasteiger charge is 2.21. The second-order valence-corrected chi connectivity index (χ2v) is 6.47. The lowest BCUT2D eigenvalue weighted by Crippen LogP contribution is -2.39. The van der Waals surface area contributed by atoms with E-state index >= 15 is 0 Å². The van der Waals surface area contributed by atoms with E-state index in [4.69, 9.17) is 5.73 Å². The van der Waals surface area contributed by atoms with Gasteiger partial charge in [0.2, 0.25) is 11.8 Å².